The zero-order valence-electron chi connectivity index (χ0n) is 10.3. The molecule has 0 spiro atoms. The molecule has 98 valence electrons. The molecule has 5 heteroatoms. The van der Waals surface area contributed by atoms with Gasteiger partial charge in [-0.15, -0.1) is 11.3 Å². The molecule has 4 nitrogen and oxygen atoms in total. The van der Waals surface area contributed by atoms with Crippen LogP contribution in [0.1, 0.15) is 31.8 Å². The van der Waals surface area contributed by atoms with Crippen LogP contribution in [0.3, 0.4) is 0 Å². The molecule has 0 radical (unpaired) electrons. The Morgan fingerprint density at radius 1 is 1.26 bits per heavy atom. The normalized spacial score (nSPS) is 10.4. The molecule has 0 fully saturated rings. The van der Waals surface area contributed by atoms with Crippen molar-refractivity contribution in [3.63, 3.8) is 0 Å². The molecule has 0 saturated carbocycles. The van der Waals surface area contributed by atoms with Crippen molar-refractivity contribution in [1.82, 2.24) is 0 Å². The van der Waals surface area contributed by atoms with E-state index in [9.17, 15) is 9.59 Å². The summed E-state index contributed by atoms with van der Waals surface area (Å²) >= 11 is 1.28. The Morgan fingerprint density at radius 3 is 2.37 bits per heavy atom. The summed E-state index contributed by atoms with van der Waals surface area (Å²) in [5, 5.41) is 9.03. The first-order valence-corrected chi connectivity index (χ1v) is 6.60. The van der Waals surface area contributed by atoms with E-state index >= 15 is 0 Å². The maximum atomic E-state index is 11.0. The minimum absolute atomic E-state index is 0.325. The summed E-state index contributed by atoms with van der Waals surface area (Å²) in [6.45, 7) is 1.98. The molecule has 1 aromatic carbocycles. The smallest absolute Gasteiger partial charge is 0.345 e. The molecular weight excluding hydrogens is 262 g/mol. The van der Waals surface area contributed by atoms with Crippen molar-refractivity contribution in [2.24, 2.45) is 5.73 Å². The van der Waals surface area contributed by atoms with Crippen molar-refractivity contribution in [3.8, 4) is 11.1 Å². The van der Waals surface area contributed by atoms with Crippen LogP contribution in [0.15, 0.2) is 30.3 Å². The average molecular weight is 275 g/mol. The monoisotopic (exact) mass is 275 g/mol. The highest BCUT2D eigenvalue weighted by molar-refractivity contribution is 7.14. The zero-order chi connectivity index (χ0) is 14.0. The fourth-order valence-electron chi connectivity index (χ4n) is 1.86. The first-order chi connectivity index (χ1) is 9.02. The third-order valence-corrected chi connectivity index (χ3v) is 4.09. The topological polar surface area (TPSA) is 80.4 Å². The van der Waals surface area contributed by atoms with Crippen molar-refractivity contribution in [2.45, 2.75) is 13.3 Å². The third-order valence-electron chi connectivity index (χ3n) is 2.82. The molecule has 0 aliphatic carbocycles. The van der Waals surface area contributed by atoms with Crippen molar-refractivity contribution >= 4 is 23.2 Å². The van der Waals surface area contributed by atoms with Crippen LogP contribution >= 0.6 is 11.3 Å². The lowest BCUT2D eigenvalue weighted by atomic mass is 10.0. The highest BCUT2D eigenvalue weighted by atomic mass is 32.1. The SMILES string of the molecule is CCc1sc(C(=O)O)cc1-c1ccc(C(N)=O)cc1. The number of hydrogen-bond acceptors (Lipinski definition) is 3. The lowest BCUT2D eigenvalue weighted by Gasteiger charge is -2.02. The predicted molar refractivity (Wildman–Crippen MR) is 74.6 cm³/mol. The van der Waals surface area contributed by atoms with E-state index in [-0.39, 0.29) is 0 Å². The van der Waals surface area contributed by atoms with Crippen LogP contribution in [-0.4, -0.2) is 17.0 Å². The fourth-order valence-corrected chi connectivity index (χ4v) is 2.82. The lowest BCUT2D eigenvalue weighted by molar-refractivity contribution is 0.0702. The summed E-state index contributed by atoms with van der Waals surface area (Å²) < 4.78 is 0. The van der Waals surface area contributed by atoms with Gasteiger partial charge in [0.2, 0.25) is 5.91 Å². The van der Waals surface area contributed by atoms with Crippen LogP contribution in [0.2, 0.25) is 0 Å². The van der Waals surface area contributed by atoms with Gasteiger partial charge in [0, 0.05) is 10.4 Å². The van der Waals surface area contributed by atoms with Gasteiger partial charge in [-0.05, 0) is 35.7 Å². The molecule has 0 bridgehead atoms. The molecule has 2 rings (SSSR count). The molecule has 0 atom stereocenters. The number of primary amides is 1. The maximum absolute atomic E-state index is 11.0. The number of rotatable bonds is 4. The van der Waals surface area contributed by atoms with Gasteiger partial charge in [0.05, 0.1) is 0 Å². The summed E-state index contributed by atoms with van der Waals surface area (Å²) in [5.41, 5.74) is 7.43. The molecule has 0 unspecified atom stereocenters. The Morgan fingerprint density at radius 2 is 1.89 bits per heavy atom. The first kappa shape index (κ1) is 13.3. The predicted octanol–water partition coefficient (Wildman–Crippen LogP) is 2.77. The van der Waals surface area contributed by atoms with Crippen LogP contribution in [-0.2, 0) is 6.42 Å². The number of aryl methyl sites for hydroxylation is 1. The van der Waals surface area contributed by atoms with Gasteiger partial charge in [-0.3, -0.25) is 4.79 Å². The van der Waals surface area contributed by atoms with Crippen LogP contribution in [0.4, 0.5) is 0 Å². The molecule has 1 heterocycles. The van der Waals surface area contributed by atoms with E-state index in [1.54, 1.807) is 30.3 Å². The van der Waals surface area contributed by atoms with E-state index in [0.717, 1.165) is 22.4 Å². The van der Waals surface area contributed by atoms with Crippen LogP contribution in [0.5, 0.6) is 0 Å². The van der Waals surface area contributed by atoms with Gasteiger partial charge in [-0.2, -0.15) is 0 Å². The number of thiophene rings is 1. The summed E-state index contributed by atoms with van der Waals surface area (Å²) in [5.74, 6) is -1.39. The van der Waals surface area contributed by atoms with Crippen molar-refractivity contribution in [2.75, 3.05) is 0 Å². The average Bonchev–Trinajstić information content (AvgIpc) is 2.83. The van der Waals surface area contributed by atoms with E-state index in [0.29, 0.717) is 10.4 Å². The standard InChI is InChI=1S/C14H13NO3S/c1-2-11-10(7-12(19-11)14(17)18)8-3-5-9(6-4-8)13(15)16/h3-7H,2H2,1H3,(H2,15,16)(H,17,18). The van der Waals surface area contributed by atoms with Gasteiger partial charge in [-0.1, -0.05) is 19.1 Å². The summed E-state index contributed by atoms with van der Waals surface area (Å²) in [7, 11) is 0. The van der Waals surface area contributed by atoms with Crippen LogP contribution < -0.4 is 5.73 Å². The molecule has 3 N–H and O–H groups in total. The number of carboxylic acid groups (broad SMARTS) is 1. The van der Waals surface area contributed by atoms with Gasteiger partial charge < -0.3 is 10.8 Å². The maximum Gasteiger partial charge on any atom is 0.345 e. The van der Waals surface area contributed by atoms with Gasteiger partial charge in [0.25, 0.3) is 0 Å². The number of hydrogen-bond donors (Lipinski definition) is 2. The van der Waals surface area contributed by atoms with Gasteiger partial charge >= 0.3 is 5.97 Å². The second kappa shape index (κ2) is 5.24. The van der Waals surface area contributed by atoms with E-state index < -0.39 is 11.9 Å². The Bertz CT molecular complexity index is 629. The minimum atomic E-state index is -0.917. The summed E-state index contributed by atoms with van der Waals surface area (Å²) in [4.78, 5) is 23.4. The number of benzene rings is 1. The Hall–Kier alpha value is -2.14. The number of amides is 1. The van der Waals surface area contributed by atoms with Crippen LogP contribution in [0.25, 0.3) is 11.1 Å². The second-order valence-corrected chi connectivity index (χ2v) is 5.18. The van der Waals surface area contributed by atoms with Crippen molar-refractivity contribution in [1.29, 1.82) is 0 Å². The Kier molecular flexibility index (Phi) is 3.66. The first-order valence-electron chi connectivity index (χ1n) is 5.79. The molecule has 0 saturated heterocycles. The van der Waals surface area contributed by atoms with Gasteiger partial charge in [-0.25, -0.2) is 4.79 Å². The van der Waals surface area contributed by atoms with E-state index in [2.05, 4.69) is 0 Å². The van der Waals surface area contributed by atoms with Crippen molar-refractivity contribution in [3.05, 3.63) is 45.6 Å². The van der Waals surface area contributed by atoms with E-state index in [1.807, 2.05) is 6.92 Å². The van der Waals surface area contributed by atoms with Crippen LogP contribution in [0, 0.1) is 0 Å². The number of carbonyl (C=O) groups is 2. The molecule has 19 heavy (non-hydrogen) atoms. The molecule has 1 amide bonds. The fraction of sp³-hybridized carbons (Fsp3) is 0.143. The Labute approximate surface area is 114 Å². The number of aromatic carboxylic acids is 1. The quantitative estimate of drug-likeness (QED) is 0.900. The Balaban J connectivity index is 2.45. The molecule has 1 aromatic heterocycles. The minimum Gasteiger partial charge on any atom is -0.477 e. The van der Waals surface area contributed by atoms with Gasteiger partial charge in [0.1, 0.15) is 4.88 Å². The molecule has 0 aliphatic rings. The number of carboxylic acids is 1. The molecule has 2 aromatic rings. The number of nitrogens with two attached hydrogens (primary N) is 1. The largest absolute Gasteiger partial charge is 0.477 e. The summed E-state index contributed by atoms with van der Waals surface area (Å²) in [6, 6.07) is 8.54. The zero-order valence-corrected chi connectivity index (χ0v) is 11.2. The third kappa shape index (κ3) is 2.66. The van der Waals surface area contributed by atoms with E-state index in [1.165, 1.54) is 11.3 Å². The van der Waals surface area contributed by atoms with Gasteiger partial charge in [0.15, 0.2) is 0 Å². The van der Waals surface area contributed by atoms with E-state index in [4.69, 9.17) is 10.8 Å². The number of carbonyl (C=O) groups excluding carboxylic acids is 1. The highest BCUT2D eigenvalue weighted by Crippen LogP contribution is 2.32. The van der Waals surface area contributed by atoms with Crippen molar-refractivity contribution < 1.29 is 14.7 Å². The highest BCUT2D eigenvalue weighted by Gasteiger charge is 2.14. The second-order valence-electron chi connectivity index (χ2n) is 4.05. The summed E-state index contributed by atoms with van der Waals surface area (Å²) in [6.07, 6.45) is 0.769. The molecular formula is C14H13NO3S. The lowest BCUT2D eigenvalue weighted by Crippen LogP contribution is -2.10. The molecule has 0 aliphatic heterocycles.